The van der Waals surface area contributed by atoms with Gasteiger partial charge in [-0.3, -0.25) is 9.69 Å². The summed E-state index contributed by atoms with van der Waals surface area (Å²) in [6, 6.07) is 15.0. The Morgan fingerprint density at radius 1 is 1.26 bits per heavy atom. The Balaban J connectivity index is 1.40. The number of anilines is 1. The number of hydrogen-bond acceptors (Lipinski definition) is 5. The monoisotopic (exact) mass is 474 g/mol. The molecule has 3 aromatic rings. The lowest BCUT2D eigenvalue weighted by Crippen LogP contribution is -2.41. The van der Waals surface area contributed by atoms with Crippen LogP contribution in [-0.4, -0.2) is 41.2 Å². The van der Waals surface area contributed by atoms with Crippen molar-refractivity contribution in [1.82, 2.24) is 9.47 Å². The molecule has 1 saturated heterocycles. The number of thiophene rings is 1. The minimum Gasteiger partial charge on any atom is -0.376 e. The summed E-state index contributed by atoms with van der Waals surface area (Å²) in [6.45, 7) is 6.47. The van der Waals surface area contributed by atoms with Gasteiger partial charge in [-0.05, 0) is 61.2 Å². The summed E-state index contributed by atoms with van der Waals surface area (Å²) < 4.78 is 7.90. The lowest BCUT2D eigenvalue weighted by molar-refractivity contribution is -0.117. The van der Waals surface area contributed by atoms with E-state index in [-0.39, 0.29) is 24.6 Å². The molecule has 1 N–H and O–H groups in total. The van der Waals surface area contributed by atoms with E-state index in [0.717, 1.165) is 43.7 Å². The van der Waals surface area contributed by atoms with Gasteiger partial charge in [-0.15, -0.1) is 11.3 Å². The van der Waals surface area contributed by atoms with Crippen molar-refractivity contribution in [3.63, 3.8) is 0 Å². The van der Waals surface area contributed by atoms with Crippen LogP contribution < -0.4 is 5.32 Å². The van der Waals surface area contributed by atoms with Crippen LogP contribution in [0.3, 0.4) is 0 Å². The lowest BCUT2D eigenvalue weighted by atomic mass is 9.93. The Bertz CT molecular complexity index is 1220. The van der Waals surface area contributed by atoms with Crippen molar-refractivity contribution >= 4 is 23.1 Å². The van der Waals surface area contributed by atoms with E-state index in [2.05, 4.69) is 56.6 Å². The zero-order valence-electron chi connectivity index (χ0n) is 19.7. The molecule has 176 valence electrons. The number of amides is 1. The predicted octanol–water partition coefficient (Wildman–Crippen LogP) is 4.80. The van der Waals surface area contributed by atoms with Crippen LogP contribution in [0.25, 0.3) is 0 Å². The number of nitrogens with zero attached hydrogens (tertiary/aromatic N) is 3. The van der Waals surface area contributed by atoms with Crippen molar-refractivity contribution in [3.05, 3.63) is 74.6 Å². The number of hydrogen-bond donors (Lipinski definition) is 1. The molecule has 2 aromatic heterocycles. The molecular formula is C27H30N4O2S. The maximum Gasteiger partial charge on any atom is 0.239 e. The molecule has 1 aromatic carbocycles. The molecule has 2 unspecified atom stereocenters. The van der Waals surface area contributed by atoms with Crippen molar-refractivity contribution in [2.75, 3.05) is 25.0 Å². The molecule has 2 atom stereocenters. The predicted molar refractivity (Wildman–Crippen MR) is 134 cm³/mol. The molecule has 0 saturated carbocycles. The van der Waals surface area contributed by atoms with Gasteiger partial charge < -0.3 is 14.6 Å². The lowest BCUT2D eigenvalue weighted by Gasteiger charge is -2.35. The van der Waals surface area contributed by atoms with E-state index >= 15 is 0 Å². The second-order valence-electron chi connectivity index (χ2n) is 9.17. The number of rotatable bonds is 6. The summed E-state index contributed by atoms with van der Waals surface area (Å²) in [5.74, 6) is 0.504. The Kier molecular flexibility index (Phi) is 6.55. The maximum absolute atomic E-state index is 13.4. The molecule has 1 amide bonds. The number of fused-ring (bicyclic) bond motifs is 1. The number of carbonyl (C=O) groups excluding carboxylic acids is 1. The summed E-state index contributed by atoms with van der Waals surface area (Å²) in [7, 11) is 0. The van der Waals surface area contributed by atoms with Crippen LogP contribution in [0.5, 0.6) is 0 Å². The highest BCUT2D eigenvalue weighted by molar-refractivity contribution is 7.10. The first-order valence-electron chi connectivity index (χ1n) is 11.9. The van der Waals surface area contributed by atoms with Gasteiger partial charge in [-0.25, -0.2) is 0 Å². The molecular weight excluding hydrogens is 444 g/mol. The van der Waals surface area contributed by atoms with Gasteiger partial charge in [0.1, 0.15) is 11.9 Å². The molecule has 5 rings (SSSR count). The summed E-state index contributed by atoms with van der Waals surface area (Å²) in [5.41, 5.74) is 4.95. The molecule has 2 aliphatic heterocycles. The topological polar surface area (TPSA) is 70.3 Å². The first-order valence-corrected chi connectivity index (χ1v) is 12.8. The third-order valence-corrected chi connectivity index (χ3v) is 8.13. The minimum absolute atomic E-state index is 0.0551. The average Bonchev–Trinajstić information content (AvgIpc) is 3.58. The largest absolute Gasteiger partial charge is 0.376 e. The fraction of sp³-hybridized carbons (Fsp3) is 0.407. The molecule has 0 spiro atoms. The molecule has 2 aliphatic rings. The second-order valence-corrected chi connectivity index (χ2v) is 10.2. The molecule has 4 heterocycles. The Morgan fingerprint density at radius 3 is 2.82 bits per heavy atom. The summed E-state index contributed by atoms with van der Waals surface area (Å²) >= 11 is 1.80. The van der Waals surface area contributed by atoms with E-state index in [1.165, 1.54) is 16.0 Å². The van der Waals surface area contributed by atoms with Crippen molar-refractivity contribution in [2.24, 2.45) is 0 Å². The van der Waals surface area contributed by atoms with E-state index in [0.29, 0.717) is 17.9 Å². The van der Waals surface area contributed by atoms with Crippen molar-refractivity contribution < 1.29 is 9.53 Å². The van der Waals surface area contributed by atoms with Gasteiger partial charge in [-0.2, -0.15) is 5.26 Å². The summed E-state index contributed by atoms with van der Waals surface area (Å²) in [5, 5.41) is 15.1. The van der Waals surface area contributed by atoms with Gasteiger partial charge in [0.25, 0.3) is 0 Å². The molecule has 0 aliphatic carbocycles. The van der Waals surface area contributed by atoms with Crippen molar-refractivity contribution in [3.8, 4) is 6.07 Å². The Morgan fingerprint density at radius 2 is 2.09 bits per heavy atom. The third-order valence-electron chi connectivity index (χ3n) is 7.14. The molecule has 0 radical (unpaired) electrons. The standard InChI is InChI=1S/C27H30N4O2S/c1-18-19(2)31(16-21-9-6-13-33-21)27(23(18)15-28)29-25(32)17-30-12-10-24-22(11-14-34-24)26(30)20-7-4-3-5-8-20/h3-5,7-8,11,14,21,26H,6,9-10,12-13,16-17H2,1-2H3,(H,29,32). The van der Waals surface area contributed by atoms with Gasteiger partial charge in [-0.1, -0.05) is 30.3 Å². The highest BCUT2D eigenvalue weighted by Crippen LogP contribution is 2.37. The Labute approximate surface area is 204 Å². The van der Waals surface area contributed by atoms with Crippen LogP contribution >= 0.6 is 11.3 Å². The zero-order valence-corrected chi connectivity index (χ0v) is 20.5. The number of ether oxygens (including phenoxy) is 1. The van der Waals surface area contributed by atoms with E-state index in [1.54, 1.807) is 11.3 Å². The summed E-state index contributed by atoms with van der Waals surface area (Å²) in [4.78, 5) is 17.0. The first kappa shape index (κ1) is 22.9. The van der Waals surface area contributed by atoms with Crippen LogP contribution in [0.4, 0.5) is 5.82 Å². The Hall–Kier alpha value is -2.92. The third kappa shape index (κ3) is 4.29. The molecule has 1 fully saturated rings. The number of benzene rings is 1. The van der Waals surface area contributed by atoms with Crippen LogP contribution in [0.2, 0.25) is 0 Å². The van der Waals surface area contributed by atoms with Gasteiger partial charge >= 0.3 is 0 Å². The normalized spacial score (nSPS) is 20.1. The van der Waals surface area contributed by atoms with Crippen molar-refractivity contribution in [2.45, 2.75) is 51.8 Å². The fourth-order valence-corrected chi connectivity index (χ4v) is 6.17. The number of nitriles is 1. The highest BCUT2D eigenvalue weighted by Gasteiger charge is 2.31. The minimum atomic E-state index is -0.0952. The summed E-state index contributed by atoms with van der Waals surface area (Å²) in [6.07, 6.45) is 3.12. The quantitative estimate of drug-likeness (QED) is 0.557. The van der Waals surface area contributed by atoms with E-state index in [9.17, 15) is 10.1 Å². The van der Waals surface area contributed by atoms with Gasteiger partial charge in [0.2, 0.25) is 5.91 Å². The SMILES string of the molecule is Cc1c(C#N)c(NC(=O)CN2CCc3sccc3C2c2ccccc2)n(CC2CCCO2)c1C. The van der Waals surface area contributed by atoms with Crippen LogP contribution in [0, 0.1) is 25.2 Å². The fourth-order valence-electron chi connectivity index (χ4n) is 5.27. The number of carbonyl (C=O) groups is 1. The first-order chi connectivity index (χ1) is 16.6. The molecule has 7 heteroatoms. The molecule has 6 nitrogen and oxygen atoms in total. The van der Waals surface area contributed by atoms with E-state index < -0.39 is 0 Å². The van der Waals surface area contributed by atoms with E-state index in [4.69, 9.17) is 4.74 Å². The van der Waals surface area contributed by atoms with Gasteiger partial charge in [0.05, 0.1) is 30.8 Å². The second kappa shape index (κ2) is 9.75. The zero-order chi connectivity index (χ0) is 23.7. The average molecular weight is 475 g/mol. The highest BCUT2D eigenvalue weighted by atomic mass is 32.1. The smallest absolute Gasteiger partial charge is 0.239 e. The molecule has 34 heavy (non-hydrogen) atoms. The van der Waals surface area contributed by atoms with Crippen LogP contribution in [0.1, 0.15) is 51.7 Å². The maximum atomic E-state index is 13.4. The number of nitrogens with one attached hydrogen (secondary N) is 1. The number of aromatic nitrogens is 1. The van der Waals surface area contributed by atoms with Gasteiger partial charge in [0, 0.05) is 23.7 Å². The van der Waals surface area contributed by atoms with Crippen LogP contribution in [-0.2, 0) is 22.5 Å². The molecule has 0 bridgehead atoms. The van der Waals surface area contributed by atoms with E-state index in [1.807, 2.05) is 19.9 Å². The van der Waals surface area contributed by atoms with Crippen molar-refractivity contribution in [1.29, 1.82) is 5.26 Å². The van der Waals surface area contributed by atoms with Crippen LogP contribution in [0.15, 0.2) is 41.8 Å². The van der Waals surface area contributed by atoms with Gasteiger partial charge in [0.15, 0.2) is 0 Å².